The van der Waals surface area contributed by atoms with Crippen LogP contribution in [0.25, 0.3) is 0 Å². The lowest BCUT2D eigenvalue weighted by Gasteiger charge is -2.22. The molecule has 0 atom stereocenters. The van der Waals surface area contributed by atoms with Crippen LogP contribution in [-0.4, -0.2) is 37.9 Å². The van der Waals surface area contributed by atoms with Crippen molar-refractivity contribution < 1.29 is 4.79 Å². The van der Waals surface area contributed by atoms with E-state index in [-0.39, 0.29) is 29.9 Å². The number of nitrogens with zero attached hydrogens (tertiary/aromatic N) is 2. The number of guanidine groups is 1. The monoisotopic (exact) mass is 486 g/mol. The molecule has 0 bridgehead atoms. The van der Waals surface area contributed by atoms with Crippen LogP contribution in [0.15, 0.2) is 53.5 Å². The van der Waals surface area contributed by atoms with Gasteiger partial charge in [-0.25, -0.2) is 0 Å². The second-order valence-corrected chi connectivity index (χ2v) is 6.10. The van der Waals surface area contributed by atoms with Crippen molar-refractivity contribution in [1.29, 1.82) is 0 Å². The molecule has 0 aliphatic rings. The van der Waals surface area contributed by atoms with Crippen molar-refractivity contribution in [2.45, 2.75) is 13.1 Å². The summed E-state index contributed by atoms with van der Waals surface area (Å²) in [6.07, 6.45) is 0. The van der Waals surface area contributed by atoms with E-state index in [0.29, 0.717) is 12.1 Å². The van der Waals surface area contributed by atoms with E-state index in [0.717, 1.165) is 28.7 Å². The zero-order valence-electron chi connectivity index (χ0n) is 15.1. The van der Waals surface area contributed by atoms with Crippen molar-refractivity contribution in [3.8, 4) is 0 Å². The molecular formula is C19H24ClIN4O. The number of benzene rings is 2. The quantitative estimate of drug-likeness (QED) is 0.386. The Morgan fingerprint density at radius 1 is 1.15 bits per heavy atom. The molecule has 0 fully saturated rings. The Morgan fingerprint density at radius 2 is 1.85 bits per heavy atom. The van der Waals surface area contributed by atoms with E-state index >= 15 is 0 Å². The molecule has 0 saturated carbocycles. The summed E-state index contributed by atoms with van der Waals surface area (Å²) in [5.74, 6) is 0.686. The molecule has 0 heterocycles. The summed E-state index contributed by atoms with van der Waals surface area (Å²) in [5, 5.41) is 6.68. The molecule has 0 aliphatic carbocycles. The average molecular weight is 487 g/mol. The highest BCUT2D eigenvalue weighted by Crippen LogP contribution is 2.11. The van der Waals surface area contributed by atoms with Crippen molar-refractivity contribution in [2.24, 2.45) is 4.99 Å². The van der Waals surface area contributed by atoms with Gasteiger partial charge in [0, 0.05) is 44.8 Å². The average Bonchev–Trinajstić information content (AvgIpc) is 2.63. The molecule has 2 aromatic rings. The van der Waals surface area contributed by atoms with Crippen LogP contribution < -0.4 is 10.6 Å². The van der Waals surface area contributed by atoms with Gasteiger partial charge in [-0.05, 0) is 35.4 Å². The van der Waals surface area contributed by atoms with Crippen LogP contribution in [0.4, 0.5) is 0 Å². The zero-order valence-corrected chi connectivity index (χ0v) is 18.2. The molecule has 0 unspecified atom stereocenters. The van der Waals surface area contributed by atoms with Crippen LogP contribution in [0.5, 0.6) is 0 Å². The van der Waals surface area contributed by atoms with Gasteiger partial charge in [-0.2, -0.15) is 0 Å². The van der Waals surface area contributed by atoms with E-state index in [4.69, 9.17) is 11.6 Å². The summed E-state index contributed by atoms with van der Waals surface area (Å²) in [7, 11) is 5.35. The molecule has 0 aromatic heterocycles. The second kappa shape index (κ2) is 11.0. The number of halogens is 2. The summed E-state index contributed by atoms with van der Waals surface area (Å²) >= 11 is 5.92. The molecule has 5 nitrogen and oxygen atoms in total. The highest BCUT2D eigenvalue weighted by Gasteiger charge is 2.08. The Balaban J connectivity index is 0.00000338. The maximum Gasteiger partial charge on any atom is 0.251 e. The highest BCUT2D eigenvalue weighted by atomic mass is 127. The summed E-state index contributed by atoms with van der Waals surface area (Å²) < 4.78 is 0. The fourth-order valence-corrected chi connectivity index (χ4v) is 2.60. The first-order chi connectivity index (χ1) is 12.0. The molecular weight excluding hydrogens is 463 g/mol. The Hall–Kier alpha value is -1.80. The molecule has 2 aromatic carbocycles. The predicted molar refractivity (Wildman–Crippen MR) is 118 cm³/mol. The lowest BCUT2D eigenvalue weighted by molar-refractivity contribution is 0.0963. The lowest BCUT2D eigenvalue weighted by atomic mass is 10.1. The minimum absolute atomic E-state index is 0. The van der Waals surface area contributed by atoms with E-state index in [9.17, 15) is 4.79 Å². The van der Waals surface area contributed by atoms with Crippen molar-refractivity contribution >= 4 is 47.4 Å². The summed E-state index contributed by atoms with van der Waals surface area (Å²) in [6.45, 7) is 1.30. The number of rotatable bonds is 5. The van der Waals surface area contributed by atoms with Crippen LogP contribution in [0.1, 0.15) is 21.5 Å². The molecule has 7 heteroatoms. The zero-order chi connectivity index (χ0) is 18.2. The Kier molecular flexibility index (Phi) is 9.43. The third-order valence-electron chi connectivity index (χ3n) is 3.77. The topological polar surface area (TPSA) is 56.7 Å². The fourth-order valence-electron chi connectivity index (χ4n) is 2.47. The van der Waals surface area contributed by atoms with Gasteiger partial charge >= 0.3 is 0 Å². The van der Waals surface area contributed by atoms with Gasteiger partial charge in [0.15, 0.2) is 5.96 Å². The second-order valence-electron chi connectivity index (χ2n) is 5.66. The molecule has 1 amide bonds. The third-order valence-corrected chi connectivity index (χ3v) is 4.03. The molecule has 0 saturated heterocycles. The molecule has 2 rings (SSSR count). The van der Waals surface area contributed by atoms with E-state index in [1.54, 1.807) is 20.2 Å². The van der Waals surface area contributed by atoms with Gasteiger partial charge in [0.25, 0.3) is 5.91 Å². The number of aliphatic imine (C=N–C) groups is 1. The number of carbonyl (C=O) groups excluding carboxylic acids is 1. The first-order valence-corrected chi connectivity index (χ1v) is 8.38. The van der Waals surface area contributed by atoms with Crippen LogP contribution in [-0.2, 0) is 13.1 Å². The Labute approximate surface area is 176 Å². The number of hydrogen-bond donors (Lipinski definition) is 2. The van der Waals surface area contributed by atoms with Gasteiger partial charge < -0.3 is 15.5 Å². The molecule has 2 N–H and O–H groups in total. The van der Waals surface area contributed by atoms with Crippen molar-refractivity contribution in [1.82, 2.24) is 15.5 Å². The normalized spacial score (nSPS) is 10.7. The first kappa shape index (κ1) is 22.2. The molecule has 0 aliphatic heterocycles. The van der Waals surface area contributed by atoms with E-state index in [1.165, 1.54) is 0 Å². The Morgan fingerprint density at radius 3 is 2.46 bits per heavy atom. The number of nitrogens with one attached hydrogen (secondary N) is 2. The van der Waals surface area contributed by atoms with Crippen molar-refractivity contribution in [2.75, 3.05) is 21.1 Å². The largest absolute Gasteiger partial charge is 0.355 e. The molecule has 0 spiro atoms. The standard InChI is InChI=1S/C19H23ClN4O.HI/c1-21-18(25)16-6-4-5-15(11-16)12-23-19(22-2)24(3)13-14-7-9-17(20)10-8-14;/h4-11H,12-13H2,1-3H3,(H,21,25)(H,22,23);1H. The maximum absolute atomic E-state index is 11.7. The maximum atomic E-state index is 11.7. The SMILES string of the molecule is CN=C(NCc1cccc(C(=O)NC)c1)N(C)Cc1ccc(Cl)cc1.I. The van der Waals surface area contributed by atoms with Crippen LogP contribution in [0.2, 0.25) is 5.02 Å². The van der Waals surface area contributed by atoms with Gasteiger partial charge in [0.2, 0.25) is 0 Å². The van der Waals surface area contributed by atoms with E-state index in [1.807, 2.05) is 54.4 Å². The summed E-state index contributed by atoms with van der Waals surface area (Å²) in [5.41, 5.74) is 2.81. The number of carbonyl (C=O) groups is 1. The third kappa shape index (κ3) is 6.49. The van der Waals surface area contributed by atoms with Gasteiger partial charge in [0.05, 0.1) is 0 Å². The number of amides is 1. The molecule has 26 heavy (non-hydrogen) atoms. The number of hydrogen-bond acceptors (Lipinski definition) is 2. The highest BCUT2D eigenvalue weighted by molar-refractivity contribution is 14.0. The van der Waals surface area contributed by atoms with Crippen molar-refractivity contribution in [3.05, 3.63) is 70.2 Å². The molecule has 0 radical (unpaired) electrons. The van der Waals surface area contributed by atoms with Crippen molar-refractivity contribution in [3.63, 3.8) is 0 Å². The van der Waals surface area contributed by atoms with Crippen LogP contribution in [0.3, 0.4) is 0 Å². The summed E-state index contributed by atoms with van der Waals surface area (Å²) in [4.78, 5) is 18.1. The van der Waals surface area contributed by atoms with Gasteiger partial charge in [-0.3, -0.25) is 9.79 Å². The first-order valence-electron chi connectivity index (χ1n) is 8.00. The lowest BCUT2D eigenvalue weighted by Crippen LogP contribution is -2.38. The fraction of sp³-hybridized carbons (Fsp3) is 0.263. The van der Waals surface area contributed by atoms with Gasteiger partial charge in [-0.15, -0.1) is 24.0 Å². The smallest absolute Gasteiger partial charge is 0.251 e. The van der Waals surface area contributed by atoms with Gasteiger partial charge in [0.1, 0.15) is 0 Å². The minimum Gasteiger partial charge on any atom is -0.355 e. The van der Waals surface area contributed by atoms with Gasteiger partial charge in [-0.1, -0.05) is 35.9 Å². The molecule has 140 valence electrons. The Bertz CT molecular complexity index is 749. The van der Waals surface area contributed by atoms with Crippen LogP contribution >= 0.6 is 35.6 Å². The predicted octanol–water partition coefficient (Wildman–Crippen LogP) is 3.53. The van der Waals surface area contributed by atoms with Crippen LogP contribution in [0, 0.1) is 0 Å². The summed E-state index contributed by atoms with van der Waals surface area (Å²) in [6, 6.07) is 15.3. The minimum atomic E-state index is -0.0916. The van der Waals surface area contributed by atoms with E-state index < -0.39 is 0 Å². The van der Waals surface area contributed by atoms with E-state index in [2.05, 4.69) is 15.6 Å².